The first kappa shape index (κ1) is 10.3. The third-order valence-corrected chi connectivity index (χ3v) is 2.14. The van der Waals surface area contributed by atoms with E-state index in [-0.39, 0.29) is 5.69 Å². The summed E-state index contributed by atoms with van der Waals surface area (Å²) in [6.45, 7) is 3.71. The summed E-state index contributed by atoms with van der Waals surface area (Å²) in [5, 5.41) is 10.5. The Balaban J connectivity index is 3.20. The average molecular weight is 189 g/mol. The van der Waals surface area contributed by atoms with Crippen molar-refractivity contribution in [3.8, 4) is 12.3 Å². The largest absolute Gasteiger partial charge is 0.269 e. The molecule has 0 spiro atoms. The lowest BCUT2D eigenvalue weighted by Crippen LogP contribution is -2.13. The zero-order chi connectivity index (χ0) is 10.8. The van der Waals surface area contributed by atoms with Gasteiger partial charge >= 0.3 is 0 Å². The molecular weight excluding hydrogens is 178 g/mol. The Bertz CT molecular complexity index is 402. The Morgan fingerprint density at radius 1 is 1.50 bits per heavy atom. The van der Waals surface area contributed by atoms with Crippen LogP contribution in [0.1, 0.15) is 19.4 Å². The smallest absolute Gasteiger partial charge is 0.258 e. The number of hydrogen-bond acceptors (Lipinski definition) is 2. The molecule has 0 bridgehead atoms. The van der Waals surface area contributed by atoms with E-state index in [2.05, 4.69) is 5.92 Å². The molecular formula is C11H11NO2. The molecule has 0 radical (unpaired) electrons. The quantitative estimate of drug-likeness (QED) is 0.407. The highest BCUT2D eigenvalue weighted by molar-refractivity contribution is 5.41. The highest BCUT2D eigenvalue weighted by atomic mass is 16.6. The summed E-state index contributed by atoms with van der Waals surface area (Å²) in [6, 6.07) is 6.41. The van der Waals surface area contributed by atoms with Gasteiger partial charge in [-0.25, -0.2) is 0 Å². The third-order valence-electron chi connectivity index (χ3n) is 2.14. The van der Waals surface area contributed by atoms with Gasteiger partial charge in [-0.15, -0.1) is 6.42 Å². The van der Waals surface area contributed by atoms with Gasteiger partial charge in [0.15, 0.2) is 0 Å². The van der Waals surface area contributed by atoms with Crippen LogP contribution in [-0.2, 0) is 5.41 Å². The predicted molar refractivity (Wildman–Crippen MR) is 55.0 cm³/mol. The number of rotatable bonds is 2. The maximum Gasteiger partial charge on any atom is 0.269 e. The number of benzene rings is 1. The van der Waals surface area contributed by atoms with Gasteiger partial charge in [0.1, 0.15) is 0 Å². The van der Waals surface area contributed by atoms with Crippen LogP contribution in [0.5, 0.6) is 0 Å². The minimum Gasteiger partial charge on any atom is -0.258 e. The third kappa shape index (κ3) is 1.91. The van der Waals surface area contributed by atoms with E-state index in [1.165, 1.54) is 12.1 Å². The molecule has 0 N–H and O–H groups in total. The summed E-state index contributed by atoms with van der Waals surface area (Å²) in [5.41, 5.74) is 0.395. The van der Waals surface area contributed by atoms with Crippen LogP contribution in [-0.4, -0.2) is 4.92 Å². The minimum absolute atomic E-state index is 0.0748. The van der Waals surface area contributed by atoms with Crippen LogP contribution >= 0.6 is 0 Å². The molecule has 14 heavy (non-hydrogen) atoms. The highest BCUT2D eigenvalue weighted by Crippen LogP contribution is 2.25. The van der Waals surface area contributed by atoms with Crippen LogP contribution in [0.3, 0.4) is 0 Å². The lowest BCUT2D eigenvalue weighted by Gasteiger charge is -2.17. The average Bonchev–Trinajstić information content (AvgIpc) is 2.18. The van der Waals surface area contributed by atoms with Gasteiger partial charge in [-0.05, 0) is 19.4 Å². The van der Waals surface area contributed by atoms with Crippen molar-refractivity contribution >= 4 is 5.69 Å². The molecule has 0 saturated carbocycles. The van der Waals surface area contributed by atoms with Gasteiger partial charge in [-0.2, -0.15) is 0 Å². The van der Waals surface area contributed by atoms with E-state index in [0.29, 0.717) is 0 Å². The number of nitrogens with zero attached hydrogens (tertiary/aromatic N) is 1. The summed E-state index contributed by atoms with van der Waals surface area (Å²) >= 11 is 0. The summed E-state index contributed by atoms with van der Waals surface area (Å²) < 4.78 is 0. The van der Waals surface area contributed by atoms with Gasteiger partial charge in [0.2, 0.25) is 0 Å². The summed E-state index contributed by atoms with van der Waals surface area (Å²) in [4.78, 5) is 10.1. The summed E-state index contributed by atoms with van der Waals surface area (Å²) in [6.07, 6.45) is 5.34. The van der Waals surface area contributed by atoms with E-state index in [9.17, 15) is 10.1 Å². The molecule has 3 heteroatoms. The molecule has 0 aliphatic rings. The highest BCUT2D eigenvalue weighted by Gasteiger charge is 2.19. The van der Waals surface area contributed by atoms with Gasteiger partial charge in [0.25, 0.3) is 5.69 Å². The number of non-ortho nitro benzene ring substituents is 1. The van der Waals surface area contributed by atoms with Gasteiger partial charge in [0.05, 0.1) is 10.3 Å². The monoisotopic (exact) mass is 189 g/mol. The summed E-state index contributed by atoms with van der Waals surface area (Å²) in [7, 11) is 0. The van der Waals surface area contributed by atoms with Gasteiger partial charge in [-0.1, -0.05) is 18.1 Å². The Hall–Kier alpha value is -1.82. The Morgan fingerprint density at radius 3 is 2.64 bits per heavy atom. The Kier molecular flexibility index (Phi) is 2.57. The molecule has 0 aliphatic carbocycles. The second kappa shape index (κ2) is 3.51. The maximum absolute atomic E-state index is 10.5. The van der Waals surface area contributed by atoms with Crippen LogP contribution < -0.4 is 0 Å². The number of terminal acetylenes is 1. The zero-order valence-corrected chi connectivity index (χ0v) is 8.15. The normalized spacial score (nSPS) is 10.6. The molecule has 3 nitrogen and oxygen atoms in total. The fraction of sp³-hybridized carbons (Fsp3) is 0.273. The van der Waals surface area contributed by atoms with Crippen LogP contribution in [0, 0.1) is 22.5 Å². The molecule has 0 aromatic heterocycles. The second-order valence-corrected chi connectivity index (χ2v) is 3.58. The summed E-state index contributed by atoms with van der Waals surface area (Å²) in [5.74, 6) is 2.60. The van der Waals surface area contributed by atoms with Crippen LogP contribution in [0.15, 0.2) is 24.3 Å². The molecule has 72 valence electrons. The van der Waals surface area contributed by atoms with Crippen molar-refractivity contribution in [2.45, 2.75) is 19.3 Å². The Labute approximate surface area is 82.9 Å². The fourth-order valence-electron chi connectivity index (χ4n) is 1.09. The van der Waals surface area contributed by atoms with Crippen molar-refractivity contribution < 1.29 is 4.92 Å². The van der Waals surface area contributed by atoms with Crippen molar-refractivity contribution in [1.82, 2.24) is 0 Å². The van der Waals surface area contributed by atoms with Gasteiger partial charge < -0.3 is 0 Å². The molecule has 0 fully saturated rings. The van der Waals surface area contributed by atoms with Gasteiger partial charge in [-0.3, -0.25) is 10.1 Å². The van der Waals surface area contributed by atoms with Crippen molar-refractivity contribution in [1.29, 1.82) is 0 Å². The topological polar surface area (TPSA) is 43.1 Å². The first-order valence-corrected chi connectivity index (χ1v) is 4.20. The van der Waals surface area contributed by atoms with E-state index in [0.717, 1.165) is 5.56 Å². The van der Waals surface area contributed by atoms with E-state index in [4.69, 9.17) is 6.42 Å². The van der Waals surface area contributed by atoms with Crippen molar-refractivity contribution in [3.63, 3.8) is 0 Å². The van der Waals surface area contributed by atoms with Gasteiger partial charge in [0, 0.05) is 12.1 Å². The molecule has 0 amide bonds. The Morgan fingerprint density at radius 2 is 2.14 bits per heavy atom. The molecule has 1 rings (SSSR count). The van der Waals surface area contributed by atoms with Crippen LogP contribution in [0.25, 0.3) is 0 Å². The minimum atomic E-state index is -0.466. The van der Waals surface area contributed by atoms with Crippen LogP contribution in [0.4, 0.5) is 5.69 Å². The van der Waals surface area contributed by atoms with E-state index >= 15 is 0 Å². The maximum atomic E-state index is 10.5. The molecule has 0 saturated heterocycles. The SMILES string of the molecule is C#CC(C)(C)c1cccc([N+](=O)[O-])c1. The van der Waals surface area contributed by atoms with Crippen molar-refractivity contribution in [3.05, 3.63) is 39.9 Å². The second-order valence-electron chi connectivity index (χ2n) is 3.58. The first-order valence-electron chi connectivity index (χ1n) is 4.20. The van der Waals surface area contributed by atoms with E-state index in [1.807, 2.05) is 13.8 Å². The van der Waals surface area contributed by atoms with Crippen molar-refractivity contribution in [2.24, 2.45) is 0 Å². The van der Waals surface area contributed by atoms with E-state index in [1.54, 1.807) is 12.1 Å². The molecule has 0 atom stereocenters. The van der Waals surface area contributed by atoms with Crippen LogP contribution in [0.2, 0.25) is 0 Å². The number of nitro groups is 1. The molecule has 0 aliphatic heterocycles. The number of nitro benzene ring substituents is 1. The van der Waals surface area contributed by atoms with E-state index < -0.39 is 10.3 Å². The molecule has 1 aromatic rings. The fourth-order valence-corrected chi connectivity index (χ4v) is 1.09. The van der Waals surface area contributed by atoms with Crippen molar-refractivity contribution in [2.75, 3.05) is 0 Å². The lowest BCUT2D eigenvalue weighted by atomic mass is 9.85. The molecule has 0 unspecified atom stereocenters. The standard InChI is InChI=1S/C11H11NO2/c1-4-11(2,3)9-6-5-7-10(8-9)12(13)14/h1,5-8H,2-3H3. The first-order chi connectivity index (χ1) is 6.47. The molecule has 1 aromatic carbocycles. The lowest BCUT2D eigenvalue weighted by molar-refractivity contribution is -0.384. The number of hydrogen-bond donors (Lipinski definition) is 0. The molecule has 0 heterocycles. The zero-order valence-electron chi connectivity index (χ0n) is 8.15. The predicted octanol–water partition coefficient (Wildman–Crippen LogP) is 2.51.